The third kappa shape index (κ3) is 4.37. The van der Waals surface area contributed by atoms with Crippen molar-refractivity contribution in [3.8, 4) is 0 Å². The van der Waals surface area contributed by atoms with Crippen molar-refractivity contribution in [1.29, 1.82) is 0 Å². The Balaban J connectivity index is 2.41. The number of aliphatic hydroxyl groups is 2. The molecule has 152 valence electrons. The second-order valence-corrected chi connectivity index (χ2v) is 7.93. The van der Waals surface area contributed by atoms with Gasteiger partial charge >= 0.3 is 0 Å². The van der Waals surface area contributed by atoms with Crippen molar-refractivity contribution >= 4 is 23.2 Å². The van der Waals surface area contributed by atoms with Crippen LogP contribution >= 0.6 is 11.6 Å². The van der Waals surface area contributed by atoms with Crippen LogP contribution in [0, 0.1) is 11.8 Å². The summed E-state index contributed by atoms with van der Waals surface area (Å²) in [6, 6.07) is 0. The van der Waals surface area contributed by atoms with Crippen LogP contribution in [0.25, 0.3) is 0 Å². The molecule has 0 bridgehead atoms. The highest BCUT2D eigenvalue weighted by Crippen LogP contribution is 2.45. The summed E-state index contributed by atoms with van der Waals surface area (Å²) in [7, 11) is 0. The lowest BCUT2D eigenvalue weighted by atomic mass is 9.70. The number of rotatable bonds is 6. The first kappa shape index (κ1) is 22.3. The molecule has 4 atom stereocenters. The second-order valence-electron chi connectivity index (χ2n) is 7.55. The summed E-state index contributed by atoms with van der Waals surface area (Å²) in [4.78, 5) is 25.1. The lowest BCUT2D eigenvalue weighted by molar-refractivity contribution is -0.137. The highest BCUT2D eigenvalue weighted by atomic mass is 35.5. The van der Waals surface area contributed by atoms with Gasteiger partial charge in [0.05, 0.1) is 17.4 Å². The number of fused-ring (bicyclic) bond motifs is 1. The van der Waals surface area contributed by atoms with Crippen molar-refractivity contribution < 1.29 is 24.5 Å². The van der Waals surface area contributed by atoms with Crippen LogP contribution in [0.3, 0.4) is 0 Å². The van der Waals surface area contributed by atoms with Crippen LogP contribution in [0.4, 0.5) is 0 Å². The fraction of sp³-hybridized carbons (Fsp3) is 0.455. The summed E-state index contributed by atoms with van der Waals surface area (Å²) in [6.07, 6.45) is 7.71. The zero-order valence-corrected chi connectivity index (χ0v) is 17.6. The van der Waals surface area contributed by atoms with Crippen LogP contribution in [0.2, 0.25) is 0 Å². The monoisotopic (exact) mass is 406 g/mol. The number of aliphatic hydroxyl groups excluding tert-OH is 1. The Labute approximate surface area is 170 Å². The van der Waals surface area contributed by atoms with Gasteiger partial charge in [0, 0.05) is 29.4 Å². The van der Waals surface area contributed by atoms with E-state index >= 15 is 0 Å². The number of ether oxygens (including phenoxy) is 1. The third-order valence-electron chi connectivity index (χ3n) is 5.46. The zero-order chi connectivity index (χ0) is 21.2. The molecule has 2 aliphatic rings. The summed E-state index contributed by atoms with van der Waals surface area (Å²) < 4.78 is 5.64. The predicted molar refractivity (Wildman–Crippen MR) is 108 cm³/mol. The first-order chi connectivity index (χ1) is 13.0. The third-order valence-corrected chi connectivity index (χ3v) is 5.83. The van der Waals surface area contributed by atoms with Crippen LogP contribution in [0.15, 0.2) is 58.1 Å². The Bertz CT molecular complexity index is 824. The van der Waals surface area contributed by atoms with Gasteiger partial charge in [-0.15, -0.1) is 0 Å². The molecular formula is C22H27ClO5. The molecule has 0 aromatic carbocycles. The first-order valence-electron chi connectivity index (χ1n) is 9.28. The molecule has 0 radical (unpaired) electrons. The first-order valence-corrected chi connectivity index (χ1v) is 9.66. The maximum atomic E-state index is 12.7. The summed E-state index contributed by atoms with van der Waals surface area (Å²) in [6.45, 7) is 8.40. The van der Waals surface area contributed by atoms with Gasteiger partial charge in [0.25, 0.3) is 0 Å². The van der Waals surface area contributed by atoms with E-state index in [1.807, 2.05) is 6.92 Å². The van der Waals surface area contributed by atoms with Crippen molar-refractivity contribution in [2.45, 2.75) is 52.7 Å². The minimum Gasteiger partial charge on any atom is -0.465 e. The van der Waals surface area contributed by atoms with Gasteiger partial charge in [0.15, 0.2) is 5.78 Å². The van der Waals surface area contributed by atoms with Crippen LogP contribution in [0.1, 0.15) is 41.0 Å². The van der Waals surface area contributed by atoms with Gasteiger partial charge in [-0.2, -0.15) is 0 Å². The highest BCUT2D eigenvalue weighted by Gasteiger charge is 2.49. The summed E-state index contributed by atoms with van der Waals surface area (Å²) in [5, 5.41) is 20.3. The second kappa shape index (κ2) is 8.60. The zero-order valence-electron chi connectivity index (χ0n) is 16.8. The molecule has 0 fully saturated rings. The summed E-state index contributed by atoms with van der Waals surface area (Å²) in [5.41, 5.74) is -0.270. The molecule has 2 rings (SSSR count). The summed E-state index contributed by atoms with van der Waals surface area (Å²) in [5.74, 6) is -1.16. The van der Waals surface area contributed by atoms with E-state index in [2.05, 4.69) is 0 Å². The molecule has 0 spiro atoms. The van der Waals surface area contributed by atoms with Gasteiger partial charge < -0.3 is 14.9 Å². The average Bonchev–Trinajstić information content (AvgIpc) is 2.66. The van der Waals surface area contributed by atoms with E-state index < -0.39 is 23.4 Å². The van der Waals surface area contributed by atoms with Crippen molar-refractivity contribution in [2.24, 2.45) is 11.8 Å². The maximum absolute atomic E-state index is 12.7. The number of hydrogen-bond acceptors (Lipinski definition) is 5. The number of halogens is 1. The number of hydrogen-bond donors (Lipinski definition) is 2. The number of Topliss-reactive ketones (excluding diaryl/α,β-unsaturated/α-hetero) is 2. The Morgan fingerprint density at radius 2 is 2.07 bits per heavy atom. The SMILES string of the molecule is CC=C(C)C(=O)C[C@H]1C2=COC(C=C[C@H](C)[C@@H](C)O)=CC2=C(Cl)C(=O)[C@@]1(C)O. The standard InChI is InChI=1S/C22H27ClO5/c1-6-12(2)19(25)10-18-17-11-28-15(8-7-13(3)14(4)24)9-16(17)20(23)21(26)22(18,5)27/h6-9,11,13-14,18,24,27H,10H2,1-5H3/t13-,14+,18-,22-/m0/s1. The number of ketones is 2. The van der Waals surface area contributed by atoms with Gasteiger partial charge in [0.1, 0.15) is 11.4 Å². The smallest absolute Gasteiger partial charge is 0.206 e. The lowest BCUT2D eigenvalue weighted by Gasteiger charge is -2.38. The molecule has 0 saturated carbocycles. The lowest BCUT2D eigenvalue weighted by Crippen LogP contribution is -2.48. The van der Waals surface area contributed by atoms with Gasteiger partial charge in [-0.05, 0) is 45.4 Å². The Morgan fingerprint density at radius 1 is 1.43 bits per heavy atom. The van der Waals surface area contributed by atoms with E-state index in [1.165, 1.54) is 13.2 Å². The largest absolute Gasteiger partial charge is 0.465 e. The molecular weight excluding hydrogens is 380 g/mol. The van der Waals surface area contributed by atoms with E-state index in [9.17, 15) is 19.8 Å². The number of carbonyl (C=O) groups is 2. The predicted octanol–water partition coefficient (Wildman–Crippen LogP) is 3.73. The quantitative estimate of drug-likeness (QED) is 0.656. The van der Waals surface area contributed by atoms with Gasteiger partial charge in [-0.3, -0.25) is 9.59 Å². The maximum Gasteiger partial charge on any atom is 0.206 e. The molecule has 1 aliphatic carbocycles. The number of allylic oxidation sites excluding steroid dienone is 5. The van der Waals surface area contributed by atoms with Crippen molar-refractivity contribution in [3.05, 3.63) is 58.1 Å². The molecule has 1 aliphatic heterocycles. The van der Waals surface area contributed by atoms with Gasteiger partial charge in [-0.25, -0.2) is 0 Å². The van der Waals surface area contributed by atoms with E-state index in [0.29, 0.717) is 22.5 Å². The molecule has 0 aromatic heterocycles. The van der Waals surface area contributed by atoms with E-state index in [1.54, 1.807) is 45.1 Å². The minimum absolute atomic E-state index is 0.0319. The highest BCUT2D eigenvalue weighted by molar-refractivity contribution is 6.45. The van der Waals surface area contributed by atoms with Crippen LogP contribution in [-0.2, 0) is 14.3 Å². The molecule has 0 unspecified atom stereocenters. The van der Waals surface area contributed by atoms with Crippen molar-refractivity contribution in [1.82, 2.24) is 0 Å². The van der Waals surface area contributed by atoms with E-state index in [0.717, 1.165) is 0 Å². The van der Waals surface area contributed by atoms with E-state index in [-0.39, 0.29) is 23.2 Å². The Hall–Kier alpha value is -1.95. The fourth-order valence-corrected chi connectivity index (χ4v) is 3.39. The topological polar surface area (TPSA) is 83.8 Å². The molecule has 28 heavy (non-hydrogen) atoms. The Kier molecular flexibility index (Phi) is 6.86. The van der Waals surface area contributed by atoms with E-state index in [4.69, 9.17) is 16.3 Å². The Morgan fingerprint density at radius 3 is 2.64 bits per heavy atom. The number of carbonyl (C=O) groups excluding carboxylic acids is 2. The molecule has 0 amide bonds. The minimum atomic E-state index is -1.80. The summed E-state index contributed by atoms with van der Waals surface area (Å²) >= 11 is 6.26. The van der Waals surface area contributed by atoms with Crippen molar-refractivity contribution in [3.63, 3.8) is 0 Å². The molecule has 0 aromatic rings. The normalized spacial score (nSPS) is 27.8. The molecule has 5 nitrogen and oxygen atoms in total. The van der Waals surface area contributed by atoms with Crippen LogP contribution < -0.4 is 0 Å². The molecule has 0 saturated heterocycles. The van der Waals surface area contributed by atoms with Crippen LogP contribution in [0.5, 0.6) is 0 Å². The molecule has 1 heterocycles. The molecule has 6 heteroatoms. The van der Waals surface area contributed by atoms with Crippen LogP contribution in [-0.4, -0.2) is 33.5 Å². The molecule has 2 N–H and O–H groups in total. The van der Waals surface area contributed by atoms with Gasteiger partial charge in [-0.1, -0.05) is 30.7 Å². The van der Waals surface area contributed by atoms with Gasteiger partial charge in [0.2, 0.25) is 5.78 Å². The average molecular weight is 407 g/mol. The fourth-order valence-electron chi connectivity index (χ4n) is 3.03. The van der Waals surface area contributed by atoms with Crippen molar-refractivity contribution in [2.75, 3.05) is 0 Å².